The van der Waals surface area contributed by atoms with Crippen molar-refractivity contribution < 1.29 is 19.9 Å². The van der Waals surface area contributed by atoms with Crippen LogP contribution in [0.1, 0.15) is 42.9 Å². The van der Waals surface area contributed by atoms with E-state index in [1.165, 1.54) is 37.0 Å². The first-order valence-electron chi connectivity index (χ1n) is 12.0. The zero-order chi connectivity index (χ0) is 24.2. The SMILES string of the molecule is O=[N+]([O-])CC(NCCCOc1cccc(CN2CCCCC2)c1)NCC(O)c1cccc(O)c1. The molecule has 4 N–H and O–H groups in total. The summed E-state index contributed by atoms with van der Waals surface area (Å²) in [6, 6.07) is 14.5. The number of phenols is 1. The zero-order valence-electron chi connectivity index (χ0n) is 19.6. The molecule has 9 heteroatoms. The molecule has 0 amide bonds. The summed E-state index contributed by atoms with van der Waals surface area (Å²) in [5, 5.41) is 37.0. The molecular weight excluding hydrogens is 436 g/mol. The van der Waals surface area contributed by atoms with Gasteiger partial charge in [0.1, 0.15) is 17.7 Å². The Kier molecular flexibility index (Phi) is 10.6. The average Bonchev–Trinajstić information content (AvgIpc) is 2.82. The normalized spacial score (nSPS) is 16.1. The van der Waals surface area contributed by atoms with Crippen LogP contribution in [0.5, 0.6) is 11.5 Å². The van der Waals surface area contributed by atoms with Crippen LogP contribution in [0.2, 0.25) is 0 Å². The molecule has 0 spiro atoms. The first kappa shape index (κ1) is 25.9. The molecule has 3 rings (SSSR count). The molecule has 34 heavy (non-hydrogen) atoms. The highest BCUT2D eigenvalue weighted by Crippen LogP contribution is 2.18. The van der Waals surface area contributed by atoms with Gasteiger partial charge in [-0.25, -0.2) is 0 Å². The number of nitrogens with zero attached hydrogens (tertiary/aromatic N) is 2. The second-order valence-corrected chi connectivity index (χ2v) is 8.73. The van der Waals surface area contributed by atoms with Crippen LogP contribution in [-0.2, 0) is 6.54 Å². The number of hydrogen-bond acceptors (Lipinski definition) is 8. The molecule has 1 aliphatic heterocycles. The van der Waals surface area contributed by atoms with Gasteiger partial charge >= 0.3 is 0 Å². The summed E-state index contributed by atoms with van der Waals surface area (Å²) in [7, 11) is 0. The molecule has 1 heterocycles. The van der Waals surface area contributed by atoms with Crippen molar-refractivity contribution in [1.29, 1.82) is 0 Å². The molecule has 0 radical (unpaired) electrons. The molecule has 1 saturated heterocycles. The van der Waals surface area contributed by atoms with Crippen LogP contribution in [0.4, 0.5) is 0 Å². The van der Waals surface area contributed by atoms with E-state index in [0.29, 0.717) is 25.1 Å². The highest BCUT2D eigenvalue weighted by atomic mass is 16.6. The minimum absolute atomic E-state index is 0.0635. The number of likely N-dealkylation sites (tertiary alicyclic amines) is 1. The number of piperidine rings is 1. The molecule has 0 aliphatic carbocycles. The van der Waals surface area contributed by atoms with Crippen molar-refractivity contribution in [3.63, 3.8) is 0 Å². The van der Waals surface area contributed by atoms with Crippen LogP contribution >= 0.6 is 0 Å². The summed E-state index contributed by atoms with van der Waals surface area (Å²) in [6.07, 6.45) is 3.07. The lowest BCUT2D eigenvalue weighted by Crippen LogP contribution is -2.48. The van der Waals surface area contributed by atoms with E-state index in [2.05, 4.69) is 27.7 Å². The molecule has 0 aromatic heterocycles. The van der Waals surface area contributed by atoms with E-state index >= 15 is 0 Å². The van der Waals surface area contributed by atoms with E-state index in [4.69, 9.17) is 4.74 Å². The molecule has 1 aliphatic rings. The minimum atomic E-state index is -0.885. The monoisotopic (exact) mass is 472 g/mol. The Labute approximate surface area is 200 Å². The van der Waals surface area contributed by atoms with Gasteiger partial charge in [-0.1, -0.05) is 30.7 Å². The standard InChI is InChI=1S/C25H36N4O5/c30-22-9-5-8-21(16-22)24(31)17-27-25(19-29(32)33)26-11-6-14-34-23-10-4-7-20(15-23)18-28-12-2-1-3-13-28/h4-5,7-10,15-16,24-27,30-31H,1-3,6,11-14,17-19H2. The molecule has 2 unspecified atom stereocenters. The summed E-state index contributed by atoms with van der Waals surface area (Å²) in [4.78, 5) is 13.1. The molecule has 186 valence electrons. The van der Waals surface area contributed by atoms with Crippen molar-refractivity contribution in [2.75, 3.05) is 39.3 Å². The lowest BCUT2D eigenvalue weighted by Gasteiger charge is -2.26. The molecule has 2 aromatic carbocycles. The quantitative estimate of drug-likeness (QED) is 0.143. The molecule has 2 aromatic rings. The number of nitrogens with one attached hydrogen (secondary N) is 2. The summed E-state index contributed by atoms with van der Waals surface area (Å²) in [6.45, 7) is 4.09. The van der Waals surface area contributed by atoms with E-state index < -0.39 is 17.2 Å². The van der Waals surface area contributed by atoms with Crippen molar-refractivity contribution >= 4 is 0 Å². The van der Waals surface area contributed by atoms with E-state index in [1.54, 1.807) is 12.1 Å². The number of phenolic OH excluding ortho intramolecular Hbond substituents is 1. The largest absolute Gasteiger partial charge is 0.508 e. The van der Waals surface area contributed by atoms with Gasteiger partial charge in [0.2, 0.25) is 6.54 Å². The van der Waals surface area contributed by atoms with Crippen LogP contribution in [0.3, 0.4) is 0 Å². The van der Waals surface area contributed by atoms with Crippen molar-refractivity contribution in [3.05, 3.63) is 69.8 Å². The summed E-state index contributed by atoms with van der Waals surface area (Å²) in [5.41, 5.74) is 1.79. The van der Waals surface area contributed by atoms with Gasteiger partial charge in [-0.15, -0.1) is 0 Å². The van der Waals surface area contributed by atoms with Gasteiger partial charge in [-0.3, -0.25) is 25.6 Å². The number of aliphatic hydroxyl groups excluding tert-OH is 1. The maximum Gasteiger partial charge on any atom is 0.231 e. The summed E-state index contributed by atoms with van der Waals surface area (Å²) in [5.74, 6) is 0.900. The fourth-order valence-electron chi connectivity index (χ4n) is 4.10. The van der Waals surface area contributed by atoms with Gasteiger partial charge in [0.05, 0.1) is 12.7 Å². The predicted octanol–water partition coefficient (Wildman–Crippen LogP) is 2.66. The van der Waals surface area contributed by atoms with Gasteiger partial charge in [-0.05, 0) is 67.7 Å². The Balaban J connectivity index is 1.38. The van der Waals surface area contributed by atoms with Crippen molar-refractivity contribution in [2.45, 2.75) is 44.5 Å². The van der Waals surface area contributed by atoms with E-state index in [9.17, 15) is 20.3 Å². The van der Waals surface area contributed by atoms with Gasteiger partial charge < -0.3 is 14.9 Å². The third-order valence-electron chi connectivity index (χ3n) is 5.88. The Hall–Kier alpha value is -2.72. The van der Waals surface area contributed by atoms with Crippen molar-refractivity contribution in [3.8, 4) is 11.5 Å². The first-order chi connectivity index (χ1) is 16.5. The fraction of sp³-hybridized carbons (Fsp3) is 0.520. The van der Waals surface area contributed by atoms with Crippen molar-refractivity contribution in [2.24, 2.45) is 0 Å². The highest BCUT2D eigenvalue weighted by molar-refractivity contribution is 5.29. The Bertz CT molecular complexity index is 891. The number of aliphatic hydroxyl groups is 1. The average molecular weight is 473 g/mol. The number of aromatic hydroxyl groups is 1. The molecule has 1 fully saturated rings. The molecule has 0 bridgehead atoms. The van der Waals surface area contributed by atoms with Gasteiger partial charge in [0.15, 0.2) is 0 Å². The third kappa shape index (κ3) is 9.26. The third-order valence-corrected chi connectivity index (χ3v) is 5.88. The Morgan fingerprint density at radius 3 is 2.65 bits per heavy atom. The molecule has 2 atom stereocenters. The number of nitro groups is 1. The predicted molar refractivity (Wildman–Crippen MR) is 130 cm³/mol. The fourth-order valence-corrected chi connectivity index (χ4v) is 4.10. The van der Waals surface area contributed by atoms with E-state index in [1.807, 2.05) is 12.1 Å². The van der Waals surface area contributed by atoms with Gasteiger partial charge in [-0.2, -0.15) is 0 Å². The van der Waals surface area contributed by atoms with Crippen LogP contribution in [0.15, 0.2) is 48.5 Å². The second-order valence-electron chi connectivity index (χ2n) is 8.73. The maximum atomic E-state index is 11.0. The van der Waals surface area contributed by atoms with Crippen LogP contribution in [-0.4, -0.2) is 65.5 Å². The lowest BCUT2D eigenvalue weighted by molar-refractivity contribution is -0.484. The number of benzene rings is 2. The Morgan fingerprint density at radius 1 is 1.09 bits per heavy atom. The summed E-state index contributed by atoms with van der Waals surface area (Å²) < 4.78 is 5.89. The lowest BCUT2D eigenvalue weighted by atomic mass is 10.1. The van der Waals surface area contributed by atoms with E-state index in [0.717, 1.165) is 25.4 Å². The molecule has 9 nitrogen and oxygen atoms in total. The minimum Gasteiger partial charge on any atom is -0.508 e. The Morgan fingerprint density at radius 2 is 1.88 bits per heavy atom. The topological polar surface area (TPSA) is 120 Å². The van der Waals surface area contributed by atoms with Crippen LogP contribution in [0.25, 0.3) is 0 Å². The maximum absolute atomic E-state index is 11.0. The summed E-state index contributed by atoms with van der Waals surface area (Å²) >= 11 is 0. The smallest absolute Gasteiger partial charge is 0.231 e. The van der Waals surface area contributed by atoms with Crippen molar-refractivity contribution in [1.82, 2.24) is 15.5 Å². The number of rotatable bonds is 14. The van der Waals surface area contributed by atoms with Gasteiger partial charge in [0.25, 0.3) is 0 Å². The van der Waals surface area contributed by atoms with Crippen LogP contribution < -0.4 is 15.4 Å². The number of ether oxygens (including phenoxy) is 1. The number of hydrogen-bond donors (Lipinski definition) is 4. The molecular formula is C25H36N4O5. The molecule has 0 saturated carbocycles. The second kappa shape index (κ2) is 13.9. The highest BCUT2D eigenvalue weighted by Gasteiger charge is 2.17. The van der Waals surface area contributed by atoms with Gasteiger partial charge in [0, 0.05) is 24.6 Å². The van der Waals surface area contributed by atoms with E-state index in [-0.39, 0.29) is 18.8 Å². The zero-order valence-corrected chi connectivity index (χ0v) is 19.6. The van der Waals surface area contributed by atoms with Crippen LogP contribution in [0, 0.1) is 10.1 Å². The first-order valence-corrected chi connectivity index (χ1v) is 12.0.